The summed E-state index contributed by atoms with van der Waals surface area (Å²) in [5.41, 5.74) is 1.13. The Hall–Kier alpha value is -3.59. The van der Waals surface area contributed by atoms with E-state index < -0.39 is 23.5 Å². The number of halogens is 1. The molecule has 2 aromatic carbocycles. The number of carbonyl (C=O) groups excluding carboxylic acids is 2. The van der Waals surface area contributed by atoms with Crippen LogP contribution in [0, 0.1) is 12.7 Å². The Morgan fingerprint density at radius 2 is 2.00 bits per heavy atom. The van der Waals surface area contributed by atoms with Crippen molar-refractivity contribution in [3.05, 3.63) is 75.6 Å². The van der Waals surface area contributed by atoms with E-state index in [2.05, 4.69) is 10.2 Å². The van der Waals surface area contributed by atoms with E-state index in [-0.39, 0.29) is 28.1 Å². The lowest BCUT2D eigenvalue weighted by Crippen LogP contribution is -2.29. The maximum atomic E-state index is 14.8. The monoisotopic (exact) mass is 451 g/mol. The molecule has 0 spiro atoms. The van der Waals surface area contributed by atoms with Crippen molar-refractivity contribution < 1.29 is 23.8 Å². The third kappa shape index (κ3) is 3.16. The lowest BCUT2D eigenvalue weighted by atomic mass is 9.94. The second kappa shape index (κ2) is 7.52. The zero-order chi connectivity index (χ0) is 22.6. The van der Waals surface area contributed by atoms with E-state index in [1.54, 1.807) is 31.2 Å². The van der Waals surface area contributed by atoms with Crippen LogP contribution in [0.2, 0.25) is 0 Å². The van der Waals surface area contributed by atoms with Crippen LogP contribution in [0.25, 0.3) is 5.76 Å². The summed E-state index contributed by atoms with van der Waals surface area (Å²) in [6.45, 7) is 3.65. The number of anilines is 1. The van der Waals surface area contributed by atoms with Gasteiger partial charge < -0.3 is 9.84 Å². The van der Waals surface area contributed by atoms with Crippen molar-refractivity contribution in [3.8, 4) is 5.75 Å². The molecule has 3 aromatic rings. The number of aliphatic hydroxyl groups excluding tert-OH is 1. The summed E-state index contributed by atoms with van der Waals surface area (Å²) in [7, 11) is 0. The minimum absolute atomic E-state index is 0.00651. The van der Waals surface area contributed by atoms with Gasteiger partial charge in [-0.3, -0.25) is 14.5 Å². The van der Waals surface area contributed by atoms with E-state index in [1.165, 1.54) is 18.2 Å². The van der Waals surface area contributed by atoms with Crippen molar-refractivity contribution in [2.75, 3.05) is 4.90 Å². The molecule has 2 atom stereocenters. The minimum Gasteiger partial charge on any atom is -0.507 e. The van der Waals surface area contributed by atoms with Gasteiger partial charge in [0, 0.05) is 17.5 Å². The van der Waals surface area contributed by atoms with Crippen LogP contribution in [0.5, 0.6) is 5.75 Å². The molecule has 1 N–H and O–H groups in total. The fourth-order valence-electron chi connectivity index (χ4n) is 4.13. The zero-order valence-corrected chi connectivity index (χ0v) is 18.0. The Kier molecular flexibility index (Phi) is 4.78. The van der Waals surface area contributed by atoms with Gasteiger partial charge in [0.1, 0.15) is 34.5 Å². The van der Waals surface area contributed by atoms with E-state index in [0.717, 1.165) is 21.8 Å². The van der Waals surface area contributed by atoms with Crippen molar-refractivity contribution >= 4 is 33.9 Å². The molecule has 7 nitrogen and oxygen atoms in total. The van der Waals surface area contributed by atoms with Crippen LogP contribution in [0.4, 0.5) is 9.52 Å². The first-order chi connectivity index (χ1) is 15.3. The highest BCUT2D eigenvalue weighted by atomic mass is 32.1. The first-order valence-electron chi connectivity index (χ1n) is 10.0. The molecule has 9 heteroatoms. The number of Topliss-reactive ketones (excluding diaryl/α,β-unsaturated/α-hetero) is 1. The maximum Gasteiger partial charge on any atom is 0.301 e. The van der Waals surface area contributed by atoms with Crippen LogP contribution >= 0.6 is 11.3 Å². The Bertz CT molecular complexity index is 1300. The van der Waals surface area contributed by atoms with Crippen molar-refractivity contribution in [3.63, 3.8) is 0 Å². The van der Waals surface area contributed by atoms with Crippen molar-refractivity contribution in [1.29, 1.82) is 0 Å². The van der Waals surface area contributed by atoms with E-state index in [1.807, 2.05) is 6.92 Å². The van der Waals surface area contributed by atoms with Gasteiger partial charge in [0.2, 0.25) is 5.13 Å². The number of amides is 1. The molecule has 0 aliphatic carbocycles. The molecule has 0 radical (unpaired) electrons. The van der Waals surface area contributed by atoms with Gasteiger partial charge in [-0.25, -0.2) is 4.39 Å². The number of ketones is 1. The Balaban J connectivity index is 1.71. The predicted molar refractivity (Wildman–Crippen MR) is 116 cm³/mol. The standard InChI is InChI=1S/C23H18FN3O4S/c1-11-9-14-10-13(7-8-17(14)31-11)20(28)18-19(15-5-3-4-6-16(15)24)27(22(30)21(18)29)23-26-25-12(2)32-23/h3-8,10-11,19,28H,9H2,1-2H3/b20-18-. The van der Waals surface area contributed by atoms with E-state index in [0.29, 0.717) is 22.7 Å². The number of fused-ring (bicyclic) bond motifs is 1. The lowest BCUT2D eigenvalue weighted by Gasteiger charge is -2.22. The summed E-state index contributed by atoms with van der Waals surface area (Å²) in [6.07, 6.45) is 0.665. The average molecular weight is 451 g/mol. The SMILES string of the molecule is Cc1nnc(N2C(=O)C(=O)/C(=C(\O)c3ccc4c(c3)CC(C)O4)C2c2ccccc2F)s1. The van der Waals surface area contributed by atoms with Crippen LogP contribution in [0.3, 0.4) is 0 Å². The number of hydrogen-bond acceptors (Lipinski definition) is 7. The molecule has 1 fully saturated rings. The minimum atomic E-state index is -1.17. The van der Waals surface area contributed by atoms with E-state index >= 15 is 0 Å². The lowest BCUT2D eigenvalue weighted by molar-refractivity contribution is -0.132. The van der Waals surface area contributed by atoms with Gasteiger partial charge in [-0.2, -0.15) is 0 Å². The number of nitrogens with zero attached hydrogens (tertiary/aromatic N) is 3. The molecular weight excluding hydrogens is 433 g/mol. The fraction of sp³-hybridized carbons (Fsp3) is 0.217. The summed E-state index contributed by atoms with van der Waals surface area (Å²) in [5, 5.41) is 19.8. The molecule has 162 valence electrons. The van der Waals surface area contributed by atoms with Gasteiger partial charge in [0.05, 0.1) is 5.57 Å². The van der Waals surface area contributed by atoms with Gasteiger partial charge in [-0.05, 0) is 43.7 Å². The number of aryl methyl sites for hydroxylation is 1. The van der Waals surface area contributed by atoms with Crippen LogP contribution in [-0.4, -0.2) is 33.1 Å². The summed E-state index contributed by atoms with van der Waals surface area (Å²) in [4.78, 5) is 27.2. The number of aliphatic hydroxyl groups is 1. The number of aromatic nitrogens is 2. The normalized spacial score (nSPS) is 21.7. The Morgan fingerprint density at radius 1 is 1.22 bits per heavy atom. The van der Waals surface area contributed by atoms with Crippen LogP contribution in [0.15, 0.2) is 48.0 Å². The fourth-order valence-corrected chi connectivity index (χ4v) is 4.84. The number of carbonyl (C=O) groups is 2. The number of ether oxygens (including phenoxy) is 1. The molecule has 3 heterocycles. The third-order valence-corrected chi connectivity index (χ3v) is 6.37. The second-order valence-corrected chi connectivity index (χ2v) is 8.91. The van der Waals surface area contributed by atoms with Crippen LogP contribution < -0.4 is 9.64 Å². The topological polar surface area (TPSA) is 92.6 Å². The van der Waals surface area contributed by atoms with Gasteiger partial charge in [-0.15, -0.1) is 10.2 Å². The molecule has 1 amide bonds. The highest BCUT2D eigenvalue weighted by Gasteiger charge is 2.49. The predicted octanol–water partition coefficient (Wildman–Crippen LogP) is 3.94. The highest BCUT2D eigenvalue weighted by molar-refractivity contribution is 7.15. The van der Waals surface area contributed by atoms with Gasteiger partial charge in [0.15, 0.2) is 0 Å². The summed E-state index contributed by atoms with van der Waals surface area (Å²) < 4.78 is 20.5. The molecule has 32 heavy (non-hydrogen) atoms. The summed E-state index contributed by atoms with van der Waals surface area (Å²) >= 11 is 1.11. The first kappa shape index (κ1) is 20.3. The molecule has 2 aliphatic heterocycles. The molecule has 1 aromatic heterocycles. The van der Waals surface area contributed by atoms with Crippen molar-refractivity contribution in [2.24, 2.45) is 0 Å². The zero-order valence-electron chi connectivity index (χ0n) is 17.2. The van der Waals surface area contributed by atoms with Crippen molar-refractivity contribution in [2.45, 2.75) is 32.4 Å². The highest BCUT2D eigenvalue weighted by Crippen LogP contribution is 2.44. The maximum absolute atomic E-state index is 14.8. The van der Waals surface area contributed by atoms with Crippen molar-refractivity contribution in [1.82, 2.24) is 10.2 Å². The largest absolute Gasteiger partial charge is 0.507 e. The Labute approximate surface area is 186 Å². The first-order valence-corrected chi connectivity index (χ1v) is 10.8. The molecular formula is C23H18FN3O4S. The Morgan fingerprint density at radius 3 is 2.72 bits per heavy atom. The second-order valence-electron chi connectivity index (χ2n) is 7.75. The molecule has 1 saturated heterocycles. The molecule has 2 unspecified atom stereocenters. The van der Waals surface area contributed by atoms with Gasteiger partial charge in [0.25, 0.3) is 5.78 Å². The average Bonchev–Trinajstić information content (AvgIpc) is 3.43. The molecule has 5 rings (SSSR count). The molecule has 0 saturated carbocycles. The number of hydrogen-bond donors (Lipinski definition) is 1. The van der Waals surface area contributed by atoms with Gasteiger partial charge >= 0.3 is 5.91 Å². The smallest absolute Gasteiger partial charge is 0.301 e. The molecule has 2 aliphatic rings. The number of rotatable bonds is 3. The summed E-state index contributed by atoms with van der Waals surface area (Å²) in [6, 6.07) is 9.75. The quantitative estimate of drug-likeness (QED) is 0.368. The third-order valence-electron chi connectivity index (χ3n) is 5.54. The number of benzene rings is 2. The molecule has 0 bridgehead atoms. The van der Waals surface area contributed by atoms with Crippen LogP contribution in [-0.2, 0) is 16.0 Å². The van der Waals surface area contributed by atoms with Crippen LogP contribution in [0.1, 0.15) is 34.7 Å². The summed E-state index contributed by atoms with van der Waals surface area (Å²) in [5.74, 6) is -2.07. The van der Waals surface area contributed by atoms with E-state index in [4.69, 9.17) is 4.74 Å². The van der Waals surface area contributed by atoms with Gasteiger partial charge in [-0.1, -0.05) is 29.5 Å². The van der Waals surface area contributed by atoms with E-state index in [9.17, 15) is 19.1 Å².